The Labute approximate surface area is 107 Å². The Balaban J connectivity index is 3.28. The smallest absolute Gasteiger partial charge is 0.175 e. The first kappa shape index (κ1) is 14.3. The van der Waals surface area contributed by atoms with E-state index in [2.05, 4.69) is 19.0 Å². The van der Waals surface area contributed by atoms with E-state index in [9.17, 15) is 4.39 Å². The molecule has 0 aromatic heterocycles. The van der Waals surface area contributed by atoms with Crippen LogP contribution in [-0.4, -0.2) is 24.1 Å². The van der Waals surface area contributed by atoms with Gasteiger partial charge in [-0.25, -0.2) is 4.39 Å². The van der Waals surface area contributed by atoms with Crippen molar-refractivity contribution in [2.45, 2.75) is 32.7 Å². The minimum absolute atomic E-state index is 0.148. The van der Waals surface area contributed by atoms with Gasteiger partial charge in [0.2, 0.25) is 0 Å². The summed E-state index contributed by atoms with van der Waals surface area (Å²) >= 11 is 0. The quantitative estimate of drug-likeness (QED) is 0.367. The Morgan fingerprint density at radius 2 is 2.06 bits per heavy atom. The first-order valence-corrected chi connectivity index (χ1v) is 6.06. The molecule has 1 aromatic carbocycles. The molecule has 5 heteroatoms. The van der Waals surface area contributed by atoms with Gasteiger partial charge in [0.25, 0.3) is 0 Å². The van der Waals surface area contributed by atoms with E-state index in [1.165, 1.54) is 6.07 Å². The molecule has 0 fully saturated rings. The summed E-state index contributed by atoms with van der Waals surface area (Å²) in [5, 5.41) is 11.7. The second-order valence-electron chi connectivity index (χ2n) is 4.20. The van der Waals surface area contributed by atoms with Gasteiger partial charge in [-0.2, -0.15) is 0 Å². The third-order valence-electron chi connectivity index (χ3n) is 3.23. The van der Waals surface area contributed by atoms with Gasteiger partial charge in [-0.15, -0.1) is 0 Å². The largest absolute Gasteiger partial charge is 0.409 e. The van der Waals surface area contributed by atoms with Crippen LogP contribution >= 0.6 is 0 Å². The number of oxime groups is 1. The minimum atomic E-state index is -0.486. The summed E-state index contributed by atoms with van der Waals surface area (Å²) in [4.78, 5) is 1.97. The van der Waals surface area contributed by atoms with Crippen LogP contribution in [0.25, 0.3) is 0 Å². The topological polar surface area (TPSA) is 61.8 Å². The Morgan fingerprint density at radius 3 is 2.56 bits per heavy atom. The lowest BCUT2D eigenvalue weighted by Gasteiger charge is -2.30. The predicted molar refractivity (Wildman–Crippen MR) is 71.7 cm³/mol. The van der Waals surface area contributed by atoms with Crippen LogP contribution in [0.4, 0.5) is 10.1 Å². The van der Waals surface area contributed by atoms with Crippen molar-refractivity contribution in [3.8, 4) is 0 Å². The maximum atomic E-state index is 13.8. The van der Waals surface area contributed by atoms with Crippen molar-refractivity contribution in [1.82, 2.24) is 0 Å². The Hall–Kier alpha value is -1.78. The molecule has 18 heavy (non-hydrogen) atoms. The molecule has 4 nitrogen and oxygen atoms in total. The fraction of sp³-hybridized carbons (Fsp3) is 0.462. The number of amidine groups is 1. The molecule has 1 aromatic rings. The summed E-state index contributed by atoms with van der Waals surface area (Å²) in [5.41, 5.74) is 6.34. The second kappa shape index (κ2) is 6.23. The molecule has 0 saturated heterocycles. The predicted octanol–water partition coefficient (Wildman–Crippen LogP) is 2.55. The summed E-state index contributed by atoms with van der Waals surface area (Å²) in [5.74, 6) is -0.693. The molecule has 0 aliphatic heterocycles. The highest BCUT2D eigenvalue weighted by Crippen LogP contribution is 2.25. The SMILES string of the molecule is CCC(CC)N(C)c1cccc(F)c1C(N)=NO. The van der Waals surface area contributed by atoms with Crippen LogP contribution in [0.3, 0.4) is 0 Å². The van der Waals surface area contributed by atoms with Crippen LogP contribution in [0.15, 0.2) is 23.4 Å². The van der Waals surface area contributed by atoms with Crippen LogP contribution < -0.4 is 10.6 Å². The molecule has 3 N–H and O–H groups in total. The fourth-order valence-electron chi connectivity index (χ4n) is 2.14. The number of hydrogen-bond acceptors (Lipinski definition) is 3. The molecular formula is C13H20FN3O. The number of halogens is 1. The molecular weight excluding hydrogens is 233 g/mol. The van der Waals surface area contributed by atoms with E-state index in [1.54, 1.807) is 12.1 Å². The van der Waals surface area contributed by atoms with E-state index in [-0.39, 0.29) is 17.4 Å². The molecule has 0 saturated carbocycles. The third kappa shape index (κ3) is 2.72. The highest BCUT2D eigenvalue weighted by atomic mass is 19.1. The number of rotatable bonds is 5. The zero-order valence-corrected chi connectivity index (χ0v) is 11.0. The maximum Gasteiger partial charge on any atom is 0.175 e. The molecule has 0 heterocycles. The van der Waals surface area contributed by atoms with Crippen molar-refractivity contribution >= 4 is 11.5 Å². The van der Waals surface area contributed by atoms with E-state index in [4.69, 9.17) is 10.9 Å². The zero-order valence-electron chi connectivity index (χ0n) is 11.0. The summed E-state index contributed by atoms with van der Waals surface area (Å²) in [7, 11) is 1.89. The van der Waals surface area contributed by atoms with Crippen molar-refractivity contribution in [2.75, 3.05) is 11.9 Å². The zero-order chi connectivity index (χ0) is 13.7. The standard InChI is InChI=1S/C13H20FN3O/c1-4-9(5-2)17(3)11-8-6-7-10(14)12(11)13(15)16-18/h6-9,18H,4-5H2,1-3H3,(H2,15,16). The molecule has 0 atom stereocenters. The first-order chi connectivity index (χ1) is 8.56. The highest BCUT2D eigenvalue weighted by Gasteiger charge is 2.19. The molecule has 0 unspecified atom stereocenters. The monoisotopic (exact) mass is 253 g/mol. The maximum absolute atomic E-state index is 13.8. The van der Waals surface area contributed by atoms with Crippen LogP contribution in [0.1, 0.15) is 32.3 Å². The lowest BCUT2D eigenvalue weighted by atomic mass is 10.1. The summed E-state index contributed by atoms with van der Waals surface area (Å²) in [6.07, 6.45) is 1.89. The summed E-state index contributed by atoms with van der Waals surface area (Å²) in [6, 6.07) is 4.99. The Morgan fingerprint density at radius 1 is 1.44 bits per heavy atom. The summed E-state index contributed by atoms with van der Waals surface area (Å²) in [6.45, 7) is 4.15. The molecule has 0 aliphatic rings. The second-order valence-corrected chi connectivity index (χ2v) is 4.20. The van der Waals surface area contributed by atoms with Crippen molar-refractivity contribution in [3.63, 3.8) is 0 Å². The van der Waals surface area contributed by atoms with Gasteiger partial charge < -0.3 is 15.8 Å². The number of benzene rings is 1. The average Bonchev–Trinajstić information content (AvgIpc) is 2.38. The van der Waals surface area contributed by atoms with Crippen LogP contribution in [0.5, 0.6) is 0 Å². The van der Waals surface area contributed by atoms with Gasteiger partial charge in [0.15, 0.2) is 5.84 Å². The van der Waals surface area contributed by atoms with E-state index in [0.29, 0.717) is 5.69 Å². The highest BCUT2D eigenvalue weighted by molar-refractivity contribution is 6.02. The van der Waals surface area contributed by atoms with E-state index >= 15 is 0 Å². The van der Waals surface area contributed by atoms with Crippen molar-refractivity contribution in [1.29, 1.82) is 0 Å². The van der Waals surface area contributed by atoms with Gasteiger partial charge in [-0.3, -0.25) is 0 Å². The molecule has 1 rings (SSSR count). The number of nitrogens with zero attached hydrogens (tertiary/aromatic N) is 2. The number of anilines is 1. The lowest BCUT2D eigenvalue weighted by Crippen LogP contribution is -2.33. The van der Waals surface area contributed by atoms with E-state index < -0.39 is 5.82 Å². The Bertz CT molecular complexity index is 430. The van der Waals surface area contributed by atoms with Crippen molar-refractivity contribution < 1.29 is 9.60 Å². The van der Waals surface area contributed by atoms with Gasteiger partial charge in [0.05, 0.1) is 11.3 Å². The minimum Gasteiger partial charge on any atom is -0.409 e. The molecule has 0 spiro atoms. The van der Waals surface area contributed by atoms with Gasteiger partial charge in [-0.05, 0) is 25.0 Å². The first-order valence-electron chi connectivity index (χ1n) is 6.06. The normalized spacial score (nSPS) is 11.9. The molecule has 0 aliphatic carbocycles. The fourth-order valence-corrected chi connectivity index (χ4v) is 2.14. The molecule has 0 bridgehead atoms. The van der Waals surface area contributed by atoms with Crippen molar-refractivity contribution in [2.24, 2.45) is 10.9 Å². The third-order valence-corrected chi connectivity index (χ3v) is 3.23. The van der Waals surface area contributed by atoms with Gasteiger partial charge in [0, 0.05) is 13.1 Å². The summed E-state index contributed by atoms with van der Waals surface area (Å²) < 4.78 is 13.8. The van der Waals surface area contributed by atoms with Crippen LogP contribution in [0, 0.1) is 5.82 Å². The molecule has 0 amide bonds. The number of nitrogens with two attached hydrogens (primary N) is 1. The van der Waals surface area contributed by atoms with Crippen LogP contribution in [0.2, 0.25) is 0 Å². The van der Waals surface area contributed by atoms with Crippen molar-refractivity contribution in [3.05, 3.63) is 29.6 Å². The Kier molecular flexibility index (Phi) is 4.95. The average molecular weight is 253 g/mol. The lowest BCUT2D eigenvalue weighted by molar-refractivity contribution is 0.318. The molecule has 0 radical (unpaired) electrons. The van der Waals surface area contributed by atoms with E-state index in [0.717, 1.165) is 12.8 Å². The molecule has 100 valence electrons. The van der Waals surface area contributed by atoms with E-state index in [1.807, 2.05) is 11.9 Å². The van der Waals surface area contributed by atoms with Gasteiger partial charge >= 0.3 is 0 Å². The van der Waals surface area contributed by atoms with Gasteiger partial charge in [-0.1, -0.05) is 25.1 Å². The van der Waals surface area contributed by atoms with Crippen LogP contribution in [-0.2, 0) is 0 Å². The number of hydrogen-bond donors (Lipinski definition) is 2. The van der Waals surface area contributed by atoms with Gasteiger partial charge in [0.1, 0.15) is 5.82 Å².